The first-order valence-electron chi connectivity index (χ1n) is 14.6. The third-order valence-electron chi connectivity index (χ3n) is 7.26. The number of ether oxygens (including phenoxy) is 2. The summed E-state index contributed by atoms with van der Waals surface area (Å²) >= 11 is 13.7. The fourth-order valence-electron chi connectivity index (χ4n) is 4.77. The average Bonchev–Trinajstić information content (AvgIpc) is 3.08. The first-order chi connectivity index (χ1) is 23.9. The van der Waals surface area contributed by atoms with Crippen LogP contribution in [0.4, 0.5) is 0 Å². The van der Waals surface area contributed by atoms with Crippen molar-refractivity contribution in [2.75, 3.05) is 6.54 Å². The highest BCUT2D eigenvalue weighted by Gasteiger charge is 2.20. The molecule has 8 rings (SSSR count). The first kappa shape index (κ1) is 36.9. The molecule has 0 fully saturated rings. The molecular formula is C34H26Br4N4O8. The largest absolute Gasteiger partial charge is 0.504 e. The van der Waals surface area contributed by atoms with Crippen LogP contribution in [-0.2, 0) is 28.9 Å². The Morgan fingerprint density at radius 1 is 0.660 bits per heavy atom. The number of hydrogen-bond acceptors (Lipinski definition) is 10. The van der Waals surface area contributed by atoms with E-state index in [1.807, 2.05) is 0 Å². The van der Waals surface area contributed by atoms with Gasteiger partial charge in [-0.3, -0.25) is 9.59 Å². The van der Waals surface area contributed by atoms with Crippen molar-refractivity contribution in [1.82, 2.24) is 10.6 Å². The Morgan fingerprint density at radius 2 is 1.30 bits per heavy atom. The topological polar surface area (TPSA) is 182 Å². The highest BCUT2D eigenvalue weighted by molar-refractivity contribution is 9.11. The minimum Gasteiger partial charge on any atom is -0.504 e. The fourth-order valence-corrected chi connectivity index (χ4v) is 7.18. The van der Waals surface area contributed by atoms with E-state index in [0.717, 1.165) is 5.56 Å². The minimum absolute atomic E-state index is 0.0303. The van der Waals surface area contributed by atoms with E-state index in [-0.39, 0.29) is 64.0 Å². The van der Waals surface area contributed by atoms with Crippen LogP contribution in [0.2, 0.25) is 0 Å². The molecule has 4 aliphatic heterocycles. The molecule has 0 unspecified atom stereocenters. The van der Waals surface area contributed by atoms with Gasteiger partial charge in [0.2, 0.25) is 0 Å². The number of carbonyl (C=O) groups is 2. The lowest BCUT2D eigenvalue weighted by atomic mass is 10.1. The summed E-state index contributed by atoms with van der Waals surface area (Å²) < 4.78 is 13.8. The number of phenols is 2. The summed E-state index contributed by atoms with van der Waals surface area (Å²) in [7, 11) is 0. The second-order valence-electron chi connectivity index (χ2n) is 10.8. The van der Waals surface area contributed by atoms with Gasteiger partial charge in [-0.1, -0.05) is 22.4 Å². The smallest absolute Gasteiger partial charge is 0.273 e. The molecule has 0 aliphatic carbocycles. The molecule has 0 radical (unpaired) electrons. The number of hydrogen-bond donors (Lipinski definition) is 6. The Morgan fingerprint density at radius 3 is 1.98 bits per heavy atom. The molecule has 0 aromatic heterocycles. The molecule has 0 saturated carbocycles. The van der Waals surface area contributed by atoms with Crippen LogP contribution >= 0.6 is 63.7 Å². The van der Waals surface area contributed by atoms with Gasteiger partial charge in [0.05, 0.1) is 17.9 Å². The van der Waals surface area contributed by atoms with Crippen LogP contribution in [0.15, 0.2) is 95.1 Å². The molecule has 4 aliphatic rings. The van der Waals surface area contributed by atoms with Gasteiger partial charge >= 0.3 is 0 Å². The zero-order valence-corrected chi connectivity index (χ0v) is 31.9. The minimum atomic E-state index is -0.668. The van der Waals surface area contributed by atoms with Gasteiger partial charge in [-0.2, -0.15) is 0 Å². The lowest BCUT2D eigenvalue weighted by Gasteiger charge is -2.15. The van der Waals surface area contributed by atoms with Crippen molar-refractivity contribution >= 4 is 93.0 Å². The van der Waals surface area contributed by atoms with E-state index in [1.165, 1.54) is 18.3 Å². The summed E-state index contributed by atoms with van der Waals surface area (Å²) in [6, 6.07) is 16.4. The molecule has 4 aromatic rings. The van der Waals surface area contributed by atoms with E-state index >= 15 is 0 Å². The maximum absolute atomic E-state index is 12.9. The Labute approximate surface area is 319 Å². The van der Waals surface area contributed by atoms with Gasteiger partial charge in [-0.15, -0.1) is 0 Å². The van der Waals surface area contributed by atoms with E-state index in [1.54, 1.807) is 54.6 Å². The number of oxime groups is 2. The molecule has 4 heterocycles. The lowest BCUT2D eigenvalue weighted by molar-refractivity contribution is -0.115. The molecule has 0 spiro atoms. The van der Waals surface area contributed by atoms with E-state index in [0.29, 0.717) is 42.3 Å². The Kier molecular flexibility index (Phi) is 12.2. The van der Waals surface area contributed by atoms with E-state index in [4.69, 9.17) is 9.47 Å². The molecule has 0 atom stereocenters. The van der Waals surface area contributed by atoms with Crippen molar-refractivity contribution in [1.29, 1.82) is 0 Å². The zero-order valence-electron chi connectivity index (χ0n) is 25.6. The van der Waals surface area contributed by atoms with Crippen LogP contribution in [-0.4, -0.2) is 50.4 Å². The van der Waals surface area contributed by atoms with Crippen molar-refractivity contribution in [2.45, 2.75) is 19.3 Å². The second-order valence-corrected chi connectivity index (χ2v) is 14.2. The molecule has 50 heavy (non-hydrogen) atoms. The number of nitrogens with zero attached hydrogens (tertiary/aromatic N) is 2. The van der Waals surface area contributed by atoms with Gasteiger partial charge in [0.15, 0.2) is 28.7 Å². The van der Waals surface area contributed by atoms with Crippen LogP contribution in [0.5, 0.6) is 34.5 Å². The van der Waals surface area contributed by atoms with Gasteiger partial charge in [0.1, 0.15) is 17.2 Å². The predicted molar refractivity (Wildman–Crippen MR) is 200 cm³/mol. The molecule has 2 amide bonds. The maximum Gasteiger partial charge on any atom is 0.273 e. The Balaban J connectivity index is 1.49. The molecule has 8 bridgehead atoms. The summed E-state index contributed by atoms with van der Waals surface area (Å²) in [4.78, 5) is 25.8. The van der Waals surface area contributed by atoms with Gasteiger partial charge in [0.25, 0.3) is 11.8 Å². The first-order valence-corrected chi connectivity index (χ1v) is 17.8. The van der Waals surface area contributed by atoms with E-state index in [2.05, 4.69) is 84.7 Å². The van der Waals surface area contributed by atoms with Crippen LogP contribution in [0.25, 0.3) is 6.08 Å². The quantitative estimate of drug-likeness (QED) is 0.0759. The van der Waals surface area contributed by atoms with Crippen molar-refractivity contribution in [3.05, 3.63) is 107 Å². The van der Waals surface area contributed by atoms with Crippen LogP contribution in [0.1, 0.15) is 22.3 Å². The predicted octanol–water partition coefficient (Wildman–Crippen LogP) is 7.94. The van der Waals surface area contributed by atoms with Crippen LogP contribution in [0.3, 0.4) is 0 Å². The van der Waals surface area contributed by atoms with Crippen molar-refractivity contribution in [3.8, 4) is 34.5 Å². The van der Waals surface area contributed by atoms with Crippen molar-refractivity contribution in [3.63, 3.8) is 0 Å². The maximum atomic E-state index is 12.9. The summed E-state index contributed by atoms with van der Waals surface area (Å²) in [5.74, 6) is -0.628. The standard InChI is InChI=1S/C34H26Br4N4O8/c35-21-9-17-2-4-28(21)49-29-15-18(1-3-27(29)43)6-8-40-33(45)25(41-47)13-19-11-23(37)32(24(38)12-19)50-30-16-20(10-22(36)31(30)44)14-26(42-48)34(46)39-7-5-17/h1-5,7,9-12,15-16,43-44,47-48H,6,8,13-14H2,(H,39,46)(H,40,45)/b7-5-,41-25-,42-26+. The molecule has 16 heteroatoms. The Hall–Kier alpha value is -4.38. The third kappa shape index (κ3) is 9.04. The zero-order chi connectivity index (χ0) is 35.9. The average molecular weight is 938 g/mol. The number of phenolic OH excluding ortho intramolecular Hbond substituents is 2. The highest BCUT2D eigenvalue weighted by Crippen LogP contribution is 2.43. The molecule has 0 saturated heterocycles. The molecule has 4 aromatic carbocycles. The molecular weight excluding hydrogens is 912 g/mol. The number of rotatable bonds is 0. The van der Waals surface area contributed by atoms with Crippen molar-refractivity contribution < 1.29 is 39.7 Å². The van der Waals surface area contributed by atoms with Gasteiger partial charge < -0.3 is 40.7 Å². The van der Waals surface area contributed by atoms with E-state index in [9.17, 15) is 30.2 Å². The van der Waals surface area contributed by atoms with E-state index < -0.39 is 11.8 Å². The summed E-state index contributed by atoms with van der Waals surface area (Å²) in [5, 5.41) is 52.3. The number of benzene rings is 4. The van der Waals surface area contributed by atoms with Gasteiger partial charge in [-0.25, -0.2) is 0 Å². The summed E-state index contributed by atoms with van der Waals surface area (Å²) in [5.41, 5.74) is 2.17. The third-order valence-corrected chi connectivity index (χ3v) is 9.66. The number of halogens is 4. The van der Waals surface area contributed by atoms with Crippen LogP contribution in [0, 0.1) is 0 Å². The SMILES string of the molecule is O=C1NCCc2ccc(O)c(c2)Oc2ccc(cc2Br)/C=C\NC(=O)/C(=N/O)Cc2cc(Br)c(O)c(c2)Oc2c(Br)cc(cc2Br)C/C1=N/O. The van der Waals surface area contributed by atoms with Gasteiger partial charge in [-0.05, 0) is 147 Å². The van der Waals surface area contributed by atoms with Crippen LogP contribution < -0.4 is 20.1 Å². The lowest BCUT2D eigenvalue weighted by Crippen LogP contribution is -2.33. The second kappa shape index (κ2) is 16.6. The molecule has 258 valence electrons. The fraction of sp³-hybridized carbons (Fsp3) is 0.118. The normalized spacial score (nSPS) is 16.6. The van der Waals surface area contributed by atoms with Crippen molar-refractivity contribution in [2.24, 2.45) is 10.3 Å². The monoisotopic (exact) mass is 934 g/mol. The highest BCUT2D eigenvalue weighted by atomic mass is 79.9. The summed E-state index contributed by atoms with van der Waals surface area (Å²) in [6.07, 6.45) is 3.25. The molecule has 12 nitrogen and oxygen atoms in total. The number of nitrogens with one attached hydrogen (secondary N) is 2. The Bertz CT molecular complexity index is 2050. The van der Waals surface area contributed by atoms with Gasteiger partial charge in [0, 0.05) is 25.6 Å². The number of carbonyl (C=O) groups excluding carboxylic acids is 2. The molecule has 6 N–H and O–H groups in total. The number of aromatic hydroxyl groups is 2. The number of amides is 2. The summed E-state index contributed by atoms with van der Waals surface area (Å²) in [6.45, 7) is 0.202.